The molecule has 0 bridgehead atoms. The lowest BCUT2D eigenvalue weighted by molar-refractivity contribution is 0.250. The van der Waals surface area contributed by atoms with E-state index < -0.39 is 0 Å². The Morgan fingerprint density at radius 3 is 2.46 bits per heavy atom. The van der Waals surface area contributed by atoms with Gasteiger partial charge in [0.25, 0.3) is 5.56 Å². The highest BCUT2D eigenvalue weighted by atomic mass is 16.5. The average Bonchev–Trinajstić information content (AvgIpc) is 2.78. The molecule has 1 aliphatic rings. The van der Waals surface area contributed by atoms with E-state index in [1.54, 1.807) is 4.74 Å². The van der Waals surface area contributed by atoms with Gasteiger partial charge >= 0.3 is 0 Å². The molecule has 1 aliphatic carbocycles. The Morgan fingerprint density at radius 1 is 1.46 bits per heavy atom. The van der Waals surface area contributed by atoms with E-state index in [4.69, 9.17) is 4.52 Å². The summed E-state index contributed by atoms with van der Waals surface area (Å²) in [6.07, 6.45) is 2.18. The van der Waals surface area contributed by atoms with Crippen LogP contribution in [0.25, 0.3) is 0 Å². The Hall–Kier alpha value is -0.990. The van der Waals surface area contributed by atoms with Crippen molar-refractivity contribution in [2.45, 2.75) is 45.6 Å². The fourth-order valence-corrected chi connectivity index (χ4v) is 1.71. The zero-order chi connectivity index (χ0) is 9.59. The van der Waals surface area contributed by atoms with Gasteiger partial charge in [-0.2, -0.15) is 4.74 Å². The first-order valence-electron chi connectivity index (χ1n) is 4.83. The van der Waals surface area contributed by atoms with Gasteiger partial charge in [-0.3, -0.25) is 4.79 Å². The van der Waals surface area contributed by atoms with Gasteiger partial charge in [-0.15, -0.1) is 0 Å². The van der Waals surface area contributed by atoms with Crippen LogP contribution in [0.4, 0.5) is 0 Å². The Kier molecular flexibility index (Phi) is 1.82. The maximum Gasteiger partial charge on any atom is 0.286 e. The van der Waals surface area contributed by atoms with E-state index in [2.05, 4.69) is 0 Å². The van der Waals surface area contributed by atoms with Gasteiger partial charge in [-0.1, -0.05) is 13.8 Å². The van der Waals surface area contributed by atoms with Gasteiger partial charge in [0.15, 0.2) is 0 Å². The fraction of sp³-hybridized carbons (Fsp3) is 0.700. The number of hydrogen-bond donors (Lipinski definition) is 0. The van der Waals surface area contributed by atoms with Crippen LogP contribution in [0, 0.1) is 6.92 Å². The van der Waals surface area contributed by atoms with Crippen LogP contribution in [-0.4, -0.2) is 4.74 Å². The van der Waals surface area contributed by atoms with Crippen molar-refractivity contribution in [1.29, 1.82) is 0 Å². The number of nitrogens with zero attached hydrogens (tertiary/aromatic N) is 1. The van der Waals surface area contributed by atoms with Gasteiger partial charge in [-0.05, 0) is 25.7 Å². The van der Waals surface area contributed by atoms with Crippen molar-refractivity contribution in [1.82, 2.24) is 4.74 Å². The summed E-state index contributed by atoms with van der Waals surface area (Å²) in [5.74, 6) is 1.04. The molecule has 0 N–H and O–H groups in total. The summed E-state index contributed by atoms with van der Waals surface area (Å²) in [4.78, 5) is 11.8. The molecule has 0 spiro atoms. The van der Waals surface area contributed by atoms with Crippen LogP contribution in [0.15, 0.2) is 9.32 Å². The highest BCUT2D eigenvalue weighted by Gasteiger charge is 2.30. The minimum atomic E-state index is 0.0787. The van der Waals surface area contributed by atoms with E-state index in [0.717, 1.165) is 24.2 Å². The molecule has 0 atom stereocenters. The predicted octanol–water partition coefficient (Wildman–Crippen LogP) is 2.21. The Bertz CT molecular complexity index is 369. The van der Waals surface area contributed by atoms with Crippen LogP contribution in [0.3, 0.4) is 0 Å². The van der Waals surface area contributed by atoms with E-state index in [1.165, 1.54) is 0 Å². The number of aryl methyl sites for hydroxylation is 1. The van der Waals surface area contributed by atoms with Crippen LogP contribution in [0.5, 0.6) is 0 Å². The molecule has 2 rings (SSSR count). The molecule has 3 heteroatoms. The molecular weight excluding hydrogens is 166 g/mol. The summed E-state index contributed by atoms with van der Waals surface area (Å²) in [6, 6.07) is 0.346. The van der Waals surface area contributed by atoms with Crippen molar-refractivity contribution in [2.24, 2.45) is 0 Å². The maximum absolute atomic E-state index is 11.8. The quantitative estimate of drug-likeness (QED) is 0.701. The molecule has 1 saturated carbocycles. The summed E-state index contributed by atoms with van der Waals surface area (Å²) < 4.78 is 6.98. The van der Waals surface area contributed by atoms with E-state index in [0.29, 0.717) is 6.04 Å². The third-order valence-corrected chi connectivity index (χ3v) is 2.50. The molecule has 0 radical (unpaired) electrons. The molecular formula is C10H15NO2. The highest BCUT2D eigenvalue weighted by molar-refractivity contribution is 5.17. The third-order valence-electron chi connectivity index (χ3n) is 2.50. The van der Waals surface area contributed by atoms with Gasteiger partial charge in [0.1, 0.15) is 5.76 Å². The molecule has 3 nitrogen and oxygen atoms in total. The van der Waals surface area contributed by atoms with E-state index in [1.807, 2.05) is 20.8 Å². The first-order valence-corrected chi connectivity index (χ1v) is 4.83. The van der Waals surface area contributed by atoms with Crippen molar-refractivity contribution >= 4 is 0 Å². The molecule has 1 aromatic rings. The summed E-state index contributed by atoms with van der Waals surface area (Å²) in [6.45, 7) is 5.92. The van der Waals surface area contributed by atoms with Crippen LogP contribution >= 0.6 is 0 Å². The van der Waals surface area contributed by atoms with Gasteiger partial charge < -0.3 is 4.52 Å². The number of rotatable bonds is 2. The second-order valence-electron chi connectivity index (χ2n) is 4.08. The third kappa shape index (κ3) is 1.32. The van der Waals surface area contributed by atoms with Gasteiger partial charge in [0, 0.05) is 0 Å². The van der Waals surface area contributed by atoms with Crippen molar-refractivity contribution in [3.05, 3.63) is 21.7 Å². The molecule has 0 aliphatic heterocycles. The number of aromatic nitrogens is 1. The van der Waals surface area contributed by atoms with Gasteiger partial charge in [0.2, 0.25) is 0 Å². The minimum Gasteiger partial charge on any atom is -0.381 e. The maximum atomic E-state index is 11.8. The van der Waals surface area contributed by atoms with Crippen LogP contribution in [0.2, 0.25) is 0 Å². The molecule has 1 fully saturated rings. The minimum absolute atomic E-state index is 0.0787. The van der Waals surface area contributed by atoms with Crippen molar-refractivity contribution < 1.29 is 4.52 Å². The van der Waals surface area contributed by atoms with E-state index >= 15 is 0 Å². The Labute approximate surface area is 77.3 Å². The van der Waals surface area contributed by atoms with Gasteiger partial charge in [-0.25, -0.2) is 0 Å². The van der Waals surface area contributed by atoms with Crippen LogP contribution < -0.4 is 5.56 Å². The zero-order valence-corrected chi connectivity index (χ0v) is 8.33. The largest absolute Gasteiger partial charge is 0.381 e. The smallest absolute Gasteiger partial charge is 0.286 e. The standard InChI is InChI=1S/C10H15NO2/c1-6(2)9-7(3)13-11(10(9)12)8-4-5-8/h6,8H,4-5H2,1-3H3. The second kappa shape index (κ2) is 2.76. The molecule has 0 unspecified atom stereocenters. The van der Waals surface area contributed by atoms with Crippen molar-refractivity contribution in [2.75, 3.05) is 0 Å². The molecule has 72 valence electrons. The summed E-state index contributed by atoms with van der Waals surface area (Å²) in [5, 5.41) is 0. The van der Waals surface area contributed by atoms with Crippen LogP contribution in [0.1, 0.15) is 50.0 Å². The normalized spacial score (nSPS) is 16.9. The lowest BCUT2D eigenvalue weighted by Gasteiger charge is -1.96. The molecule has 0 saturated heterocycles. The first kappa shape index (κ1) is 8.60. The second-order valence-corrected chi connectivity index (χ2v) is 4.08. The average molecular weight is 181 g/mol. The van der Waals surface area contributed by atoms with Gasteiger partial charge in [0.05, 0.1) is 11.6 Å². The van der Waals surface area contributed by atoms with Crippen molar-refractivity contribution in [3.8, 4) is 0 Å². The summed E-state index contributed by atoms with van der Waals surface area (Å²) in [7, 11) is 0. The monoisotopic (exact) mass is 181 g/mol. The van der Waals surface area contributed by atoms with Crippen molar-refractivity contribution in [3.63, 3.8) is 0 Å². The Morgan fingerprint density at radius 2 is 2.08 bits per heavy atom. The van der Waals surface area contributed by atoms with E-state index in [-0.39, 0.29) is 11.5 Å². The highest BCUT2D eigenvalue weighted by Crippen LogP contribution is 2.34. The Balaban J connectivity index is 2.50. The molecule has 1 aromatic heterocycles. The first-order chi connectivity index (χ1) is 6.11. The molecule has 0 aromatic carbocycles. The molecule has 13 heavy (non-hydrogen) atoms. The SMILES string of the molecule is Cc1on(C2CC2)c(=O)c1C(C)C. The molecule has 1 heterocycles. The lowest BCUT2D eigenvalue weighted by atomic mass is 10.1. The fourth-order valence-electron chi connectivity index (χ4n) is 1.71. The molecule has 0 amide bonds. The van der Waals surface area contributed by atoms with E-state index in [9.17, 15) is 4.79 Å². The predicted molar refractivity (Wildman–Crippen MR) is 50.1 cm³/mol. The summed E-state index contributed by atoms with van der Waals surface area (Å²) >= 11 is 0. The zero-order valence-electron chi connectivity index (χ0n) is 8.33. The number of hydrogen-bond acceptors (Lipinski definition) is 2. The summed E-state index contributed by atoms with van der Waals surface area (Å²) in [5.41, 5.74) is 0.918. The van der Waals surface area contributed by atoms with Crippen LogP contribution in [-0.2, 0) is 0 Å². The topological polar surface area (TPSA) is 35.1 Å². The lowest BCUT2D eigenvalue weighted by Crippen LogP contribution is -2.17.